The van der Waals surface area contributed by atoms with E-state index in [1.54, 1.807) is 6.20 Å². The van der Waals surface area contributed by atoms with Crippen LogP contribution >= 0.6 is 11.6 Å². The van der Waals surface area contributed by atoms with E-state index in [1.807, 2.05) is 0 Å². The quantitative estimate of drug-likeness (QED) is 0.735. The van der Waals surface area contributed by atoms with Crippen molar-refractivity contribution in [3.8, 4) is 0 Å². The molecule has 0 aliphatic rings. The van der Waals surface area contributed by atoms with Gasteiger partial charge in [-0.25, -0.2) is 4.68 Å². The number of hydrogen-bond acceptors (Lipinski definition) is 4. The summed E-state index contributed by atoms with van der Waals surface area (Å²) in [7, 11) is 0. The molecular formula is C14H24ClN3O2. The van der Waals surface area contributed by atoms with E-state index in [9.17, 15) is 4.79 Å². The van der Waals surface area contributed by atoms with E-state index in [0.29, 0.717) is 11.6 Å². The van der Waals surface area contributed by atoms with Gasteiger partial charge < -0.3 is 10.4 Å². The molecule has 0 aliphatic carbocycles. The van der Waals surface area contributed by atoms with Gasteiger partial charge >= 0.3 is 0 Å². The Balaban J connectivity index is 2.68. The summed E-state index contributed by atoms with van der Waals surface area (Å²) in [5.41, 5.74) is 0.202. The van der Waals surface area contributed by atoms with Crippen LogP contribution in [0.25, 0.3) is 0 Å². The van der Waals surface area contributed by atoms with Gasteiger partial charge in [0.15, 0.2) is 0 Å². The molecule has 1 unspecified atom stereocenters. The van der Waals surface area contributed by atoms with E-state index >= 15 is 0 Å². The first-order valence-corrected chi connectivity index (χ1v) is 7.62. The van der Waals surface area contributed by atoms with Crippen LogP contribution in [0.3, 0.4) is 0 Å². The lowest BCUT2D eigenvalue weighted by Crippen LogP contribution is -2.26. The fraction of sp³-hybridized carbons (Fsp3) is 0.714. The van der Waals surface area contributed by atoms with Crippen LogP contribution in [0.2, 0.25) is 5.02 Å². The molecule has 0 radical (unpaired) electrons. The molecule has 5 nitrogen and oxygen atoms in total. The standard InChI is InChI=1S/C14H24ClN3O2/c1-3-5-6-11(4-2)9-16-12-10-17-18(7-8-19)14(20)13(12)15/h10-11,16,19H,3-9H2,1-2H3. The second kappa shape index (κ2) is 8.97. The van der Waals surface area contributed by atoms with Crippen molar-refractivity contribution >= 4 is 17.3 Å². The number of rotatable bonds is 9. The lowest BCUT2D eigenvalue weighted by molar-refractivity contribution is 0.266. The highest BCUT2D eigenvalue weighted by atomic mass is 35.5. The molecule has 0 aliphatic heterocycles. The Labute approximate surface area is 125 Å². The number of halogens is 1. The number of nitrogens with zero attached hydrogens (tertiary/aromatic N) is 2. The van der Waals surface area contributed by atoms with Crippen LogP contribution < -0.4 is 10.9 Å². The molecule has 0 fully saturated rings. The Kier molecular flexibility index (Phi) is 7.62. The molecule has 0 amide bonds. The maximum absolute atomic E-state index is 11.9. The SMILES string of the molecule is CCCCC(CC)CNc1cnn(CCO)c(=O)c1Cl. The molecule has 0 spiro atoms. The van der Waals surface area contributed by atoms with E-state index in [2.05, 4.69) is 24.3 Å². The molecule has 1 heterocycles. The fourth-order valence-corrected chi connectivity index (χ4v) is 2.25. The number of hydrogen-bond donors (Lipinski definition) is 2. The highest BCUT2D eigenvalue weighted by Crippen LogP contribution is 2.18. The smallest absolute Gasteiger partial charge is 0.287 e. The van der Waals surface area contributed by atoms with Gasteiger partial charge in [-0.1, -0.05) is 44.7 Å². The van der Waals surface area contributed by atoms with Gasteiger partial charge in [0.25, 0.3) is 5.56 Å². The van der Waals surface area contributed by atoms with E-state index in [4.69, 9.17) is 16.7 Å². The van der Waals surface area contributed by atoms with Gasteiger partial charge in [-0.15, -0.1) is 0 Å². The third kappa shape index (κ3) is 4.80. The first kappa shape index (κ1) is 17.0. The molecule has 0 saturated heterocycles. The summed E-state index contributed by atoms with van der Waals surface area (Å²) in [4.78, 5) is 11.9. The summed E-state index contributed by atoms with van der Waals surface area (Å²) in [6, 6.07) is 0. The molecular weight excluding hydrogens is 278 g/mol. The van der Waals surface area contributed by atoms with E-state index in [1.165, 1.54) is 23.9 Å². The highest BCUT2D eigenvalue weighted by Gasteiger charge is 2.11. The topological polar surface area (TPSA) is 67.2 Å². The second-order valence-corrected chi connectivity index (χ2v) is 5.30. The number of nitrogens with one attached hydrogen (secondary N) is 1. The minimum atomic E-state index is -0.368. The lowest BCUT2D eigenvalue weighted by atomic mass is 9.99. The van der Waals surface area contributed by atoms with Crippen molar-refractivity contribution in [2.24, 2.45) is 5.92 Å². The van der Waals surface area contributed by atoms with Gasteiger partial charge in [-0.05, 0) is 12.3 Å². The highest BCUT2D eigenvalue weighted by molar-refractivity contribution is 6.32. The van der Waals surface area contributed by atoms with Crippen LogP contribution in [-0.4, -0.2) is 28.0 Å². The zero-order valence-corrected chi connectivity index (χ0v) is 13.0. The summed E-state index contributed by atoms with van der Waals surface area (Å²) >= 11 is 6.05. The summed E-state index contributed by atoms with van der Waals surface area (Å²) in [5.74, 6) is 0.575. The van der Waals surface area contributed by atoms with Gasteiger partial charge in [0.05, 0.1) is 25.0 Å². The Morgan fingerprint density at radius 3 is 2.85 bits per heavy atom. The molecule has 1 aromatic rings. The maximum Gasteiger partial charge on any atom is 0.287 e. The van der Waals surface area contributed by atoms with Crippen LogP contribution in [0.4, 0.5) is 5.69 Å². The largest absolute Gasteiger partial charge is 0.394 e. The molecule has 1 atom stereocenters. The monoisotopic (exact) mass is 301 g/mol. The average Bonchev–Trinajstić information content (AvgIpc) is 2.46. The Bertz CT molecular complexity index is 462. The first-order chi connectivity index (χ1) is 9.63. The number of aliphatic hydroxyl groups excluding tert-OH is 1. The van der Waals surface area contributed by atoms with Crippen molar-refractivity contribution in [1.29, 1.82) is 0 Å². The molecule has 6 heteroatoms. The van der Waals surface area contributed by atoms with Crippen molar-refractivity contribution in [2.45, 2.75) is 46.1 Å². The normalized spacial score (nSPS) is 12.4. The molecule has 1 aromatic heterocycles. The van der Waals surface area contributed by atoms with Crippen LogP contribution in [0.15, 0.2) is 11.0 Å². The number of unbranched alkanes of at least 4 members (excludes halogenated alkanes) is 1. The molecule has 1 rings (SSSR count). The van der Waals surface area contributed by atoms with Crippen LogP contribution in [0.5, 0.6) is 0 Å². The van der Waals surface area contributed by atoms with E-state index in [-0.39, 0.29) is 23.7 Å². The van der Waals surface area contributed by atoms with Gasteiger partial charge in [-0.3, -0.25) is 4.79 Å². The number of aromatic nitrogens is 2. The van der Waals surface area contributed by atoms with Crippen LogP contribution in [0, 0.1) is 5.92 Å². The molecule has 2 N–H and O–H groups in total. The molecule has 20 heavy (non-hydrogen) atoms. The van der Waals surface area contributed by atoms with Gasteiger partial charge in [0.2, 0.25) is 0 Å². The average molecular weight is 302 g/mol. The third-order valence-corrected chi connectivity index (χ3v) is 3.79. The van der Waals surface area contributed by atoms with Crippen molar-refractivity contribution in [3.63, 3.8) is 0 Å². The van der Waals surface area contributed by atoms with Crippen molar-refractivity contribution < 1.29 is 5.11 Å². The summed E-state index contributed by atoms with van der Waals surface area (Å²) < 4.78 is 1.17. The Morgan fingerprint density at radius 1 is 1.50 bits per heavy atom. The number of aliphatic hydroxyl groups is 1. The first-order valence-electron chi connectivity index (χ1n) is 7.24. The lowest BCUT2D eigenvalue weighted by Gasteiger charge is -2.16. The molecule has 0 saturated carbocycles. The second-order valence-electron chi connectivity index (χ2n) is 4.92. The van der Waals surface area contributed by atoms with Crippen LogP contribution in [0.1, 0.15) is 39.5 Å². The van der Waals surface area contributed by atoms with Crippen molar-refractivity contribution in [3.05, 3.63) is 21.6 Å². The van der Waals surface area contributed by atoms with Gasteiger partial charge in [0, 0.05) is 6.54 Å². The van der Waals surface area contributed by atoms with Crippen molar-refractivity contribution in [2.75, 3.05) is 18.5 Å². The molecule has 0 aromatic carbocycles. The van der Waals surface area contributed by atoms with Crippen LogP contribution in [-0.2, 0) is 6.54 Å². The number of anilines is 1. The predicted molar refractivity (Wildman–Crippen MR) is 82.4 cm³/mol. The maximum atomic E-state index is 11.9. The van der Waals surface area contributed by atoms with Gasteiger partial charge in [-0.2, -0.15) is 5.10 Å². The minimum absolute atomic E-state index is 0.134. The molecule has 0 bridgehead atoms. The fourth-order valence-electron chi connectivity index (χ4n) is 2.04. The third-order valence-electron chi connectivity index (χ3n) is 3.42. The summed E-state index contributed by atoms with van der Waals surface area (Å²) in [5, 5.41) is 16.2. The molecule has 114 valence electrons. The van der Waals surface area contributed by atoms with E-state index in [0.717, 1.165) is 13.0 Å². The zero-order chi connectivity index (χ0) is 15.0. The summed E-state index contributed by atoms with van der Waals surface area (Å²) in [6.45, 7) is 5.17. The predicted octanol–water partition coefficient (Wildman–Crippen LogP) is 2.52. The zero-order valence-electron chi connectivity index (χ0n) is 12.2. The van der Waals surface area contributed by atoms with Gasteiger partial charge in [0.1, 0.15) is 5.02 Å². The van der Waals surface area contributed by atoms with E-state index < -0.39 is 0 Å². The van der Waals surface area contributed by atoms with Crippen molar-refractivity contribution in [1.82, 2.24) is 9.78 Å². The minimum Gasteiger partial charge on any atom is -0.394 e. The Hall–Kier alpha value is -1.07. The summed E-state index contributed by atoms with van der Waals surface area (Å²) in [6.07, 6.45) is 6.22. The Morgan fingerprint density at radius 2 is 2.25 bits per heavy atom.